The van der Waals surface area contributed by atoms with Crippen molar-refractivity contribution in [3.8, 4) is 5.75 Å². The van der Waals surface area contributed by atoms with E-state index in [0.717, 1.165) is 19.3 Å². The number of carbonyl (C=O) groups is 4. The molecule has 0 saturated carbocycles. The van der Waals surface area contributed by atoms with Crippen LogP contribution in [0, 0.1) is 11.8 Å². The summed E-state index contributed by atoms with van der Waals surface area (Å²) in [6, 6.07) is 3.22. The van der Waals surface area contributed by atoms with Crippen molar-refractivity contribution in [3.63, 3.8) is 0 Å². The van der Waals surface area contributed by atoms with Crippen LogP contribution >= 0.6 is 0 Å². The first-order chi connectivity index (χ1) is 18.0. The SMILES string of the molecule is CCCCCC[C@H]1C(=O)O[C@H](C)[C@H](NC(=O)c2cccc(NC)c2O)C(=O)O[C@@H](C)[C@@H]1OC(=O)C(C)CC. The molecule has 212 valence electrons. The molecule has 2 rings (SSSR count). The number of anilines is 1. The molecule has 1 aliphatic heterocycles. The van der Waals surface area contributed by atoms with E-state index in [0.29, 0.717) is 24.9 Å². The largest absolute Gasteiger partial charge is 0.505 e. The van der Waals surface area contributed by atoms with E-state index >= 15 is 0 Å². The Kier molecular flexibility index (Phi) is 11.9. The average Bonchev–Trinajstić information content (AvgIpc) is 2.91. The van der Waals surface area contributed by atoms with Gasteiger partial charge in [0.05, 0.1) is 23.1 Å². The second kappa shape index (κ2) is 14.6. The maximum atomic E-state index is 13.4. The highest BCUT2D eigenvalue weighted by Crippen LogP contribution is 2.29. The number of ether oxygens (including phenoxy) is 3. The summed E-state index contributed by atoms with van der Waals surface area (Å²) in [5, 5.41) is 15.7. The standard InChI is InChI=1S/C28H42N2O8/c1-7-9-10-11-13-20-24(38-26(33)16(3)8-2)18(5)37-28(35)22(17(4)36-27(20)34)30-25(32)19-14-12-15-21(29-6)23(19)31/h12,14-18,20,22,24,29,31H,7-11,13H2,1-6H3,(H,30,32)/t16?,17-,18+,20-,22+,24+/m1/s1. The molecule has 1 aromatic carbocycles. The maximum absolute atomic E-state index is 13.4. The van der Waals surface area contributed by atoms with Crippen molar-refractivity contribution >= 4 is 29.5 Å². The molecule has 1 aromatic rings. The number of phenolic OH excluding ortho intramolecular Hbond substituents is 1. The number of carbonyl (C=O) groups excluding carboxylic acids is 4. The normalized spacial score (nSPS) is 24.6. The molecule has 0 spiro atoms. The van der Waals surface area contributed by atoms with Crippen molar-refractivity contribution in [3.05, 3.63) is 23.8 Å². The van der Waals surface area contributed by atoms with Gasteiger partial charge >= 0.3 is 17.9 Å². The summed E-state index contributed by atoms with van der Waals surface area (Å²) in [6.45, 7) is 8.72. The van der Waals surface area contributed by atoms with Gasteiger partial charge in [-0.1, -0.05) is 52.5 Å². The summed E-state index contributed by atoms with van der Waals surface area (Å²) >= 11 is 0. The molecule has 1 aliphatic rings. The van der Waals surface area contributed by atoms with Gasteiger partial charge in [-0.15, -0.1) is 0 Å². The number of amides is 1. The molecular formula is C28H42N2O8. The number of hydrogen-bond acceptors (Lipinski definition) is 9. The van der Waals surface area contributed by atoms with Gasteiger partial charge in [-0.3, -0.25) is 14.4 Å². The van der Waals surface area contributed by atoms with Crippen LogP contribution in [0.15, 0.2) is 18.2 Å². The minimum absolute atomic E-state index is 0.0646. The Morgan fingerprint density at radius 3 is 2.37 bits per heavy atom. The van der Waals surface area contributed by atoms with E-state index in [-0.39, 0.29) is 11.3 Å². The second-order valence-corrected chi connectivity index (χ2v) is 9.85. The van der Waals surface area contributed by atoms with Gasteiger partial charge < -0.3 is 30.0 Å². The van der Waals surface area contributed by atoms with Crippen LogP contribution in [0.3, 0.4) is 0 Å². The van der Waals surface area contributed by atoms with E-state index in [2.05, 4.69) is 17.6 Å². The van der Waals surface area contributed by atoms with Gasteiger partial charge in [0.15, 0.2) is 17.9 Å². The zero-order chi connectivity index (χ0) is 28.4. The van der Waals surface area contributed by atoms with E-state index in [9.17, 15) is 24.3 Å². The lowest BCUT2D eigenvalue weighted by Crippen LogP contribution is -2.50. The highest BCUT2D eigenvalue weighted by Gasteiger charge is 2.44. The first-order valence-electron chi connectivity index (χ1n) is 13.5. The summed E-state index contributed by atoms with van der Waals surface area (Å²) in [5.74, 6) is -4.21. The van der Waals surface area contributed by atoms with E-state index < -0.39 is 60.0 Å². The summed E-state index contributed by atoms with van der Waals surface area (Å²) < 4.78 is 17.1. The van der Waals surface area contributed by atoms with Crippen molar-refractivity contribution in [2.45, 2.75) is 97.5 Å². The molecule has 1 heterocycles. The molecule has 38 heavy (non-hydrogen) atoms. The zero-order valence-corrected chi connectivity index (χ0v) is 23.2. The van der Waals surface area contributed by atoms with Gasteiger partial charge in [0.25, 0.3) is 5.91 Å². The van der Waals surface area contributed by atoms with Crippen LogP contribution in [-0.4, -0.2) is 60.3 Å². The molecule has 1 saturated heterocycles. The van der Waals surface area contributed by atoms with Crippen LogP contribution in [0.2, 0.25) is 0 Å². The summed E-state index contributed by atoms with van der Waals surface area (Å²) in [7, 11) is 1.60. The predicted octanol–water partition coefficient (Wildman–Crippen LogP) is 3.95. The smallest absolute Gasteiger partial charge is 0.332 e. The number of phenols is 1. The first kappa shape index (κ1) is 30.9. The van der Waals surface area contributed by atoms with Gasteiger partial charge in [0, 0.05) is 7.05 Å². The Morgan fingerprint density at radius 1 is 1.05 bits per heavy atom. The molecule has 0 radical (unpaired) electrons. The fourth-order valence-electron chi connectivity index (χ4n) is 4.31. The molecule has 6 atom stereocenters. The Balaban J connectivity index is 2.35. The number of aromatic hydroxyl groups is 1. The second-order valence-electron chi connectivity index (χ2n) is 9.85. The van der Waals surface area contributed by atoms with Crippen LogP contribution in [0.25, 0.3) is 0 Å². The molecule has 1 fully saturated rings. The summed E-state index contributed by atoms with van der Waals surface area (Å²) in [6.07, 6.45) is 1.48. The van der Waals surface area contributed by atoms with E-state index in [1.807, 2.05) is 6.92 Å². The number of esters is 3. The number of para-hydroxylation sites is 1. The zero-order valence-electron chi connectivity index (χ0n) is 23.2. The molecule has 0 aromatic heterocycles. The number of benzene rings is 1. The topological polar surface area (TPSA) is 140 Å². The third kappa shape index (κ3) is 7.85. The predicted molar refractivity (Wildman–Crippen MR) is 142 cm³/mol. The lowest BCUT2D eigenvalue weighted by Gasteiger charge is -2.30. The molecule has 1 amide bonds. The Labute approximate surface area is 224 Å². The van der Waals surface area contributed by atoms with Gasteiger partial charge in [0.2, 0.25) is 0 Å². The van der Waals surface area contributed by atoms with Crippen LogP contribution in [-0.2, 0) is 28.6 Å². The van der Waals surface area contributed by atoms with Crippen molar-refractivity contribution < 1.29 is 38.5 Å². The van der Waals surface area contributed by atoms with Gasteiger partial charge in [-0.05, 0) is 38.8 Å². The Morgan fingerprint density at radius 2 is 1.74 bits per heavy atom. The average molecular weight is 535 g/mol. The monoisotopic (exact) mass is 534 g/mol. The van der Waals surface area contributed by atoms with E-state index in [4.69, 9.17) is 14.2 Å². The maximum Gasteiger partial charge on any atom is 0.332 e. The van der Waals surface area contributed by atoms with Crippen molar-refractivity contribution in [1.82, 2.24) is 5.32 Å². The summed E-state index contributed by atoms with van der Waals surface area (Å²) in [4.78, 5) is 52.3. The fourth-order valence-corrected chi connectivity index (χ4v) is 4.31. The highest BCUT2D eigenvalue weighted by molar-refractivity contribution is 6.00. The molecule has 10 nitrogen and oxygen atoms in total. The van der Waals surface area contributed by atoms with E-state index in [1.54, 1.807) is 33.0 Å². The summed E-state index contributed by atoms with van der Waals surface area (Å²) in [5.41, 5.74) is 0.268. The number of rotatable bonds is 11. The Bertz CT molecular complexity index is 982. The van der Waals surface area contributed by atoms with E-state index in [1.165, 1.54) is 13.0 Å². The van der Waals surface area contributed by atoms with Gasteiger partial charge in [-0.25, -0.2) is 4.79 Å². The Hall–Kier alpha value is -3.30. The highest BCUT2D eigenvalue weighted by atomic mass is 16.6. The molecule has 10 heteroatoms. The quantitative estimate of drug-likeness (QED) is 0.167. The minimum atomic E-state index is -1.35. The van der Waals surface area contributed by atoms with Gasteiger partial charge in [-0.2, -0.15) is 0 Å². The van der Waals surface area contributed by atoms with Crippen molar-refractivity contribution in [1.29, 1.82) is 0 Å². The number of nitrogens with one attached hydrogen (secondary N) is 2. The molecular weight excluding hydrogens is 492 g/mol. The van der Waals surface area contributed by atoms with Crippen LogP contribution in [0.5, 0.6) is 5.75 Å². The van der Waals surface area contributed by atoms with Crippen LogP contribution in [0.4, 0.5) is 5.69 Å². The number of cyclic esters (lactones) is 2. The number of unbranched alkanes of at least 4 members (excludes halogenated alkanes) is 3. The molecule has 0 bridgehead atoms. The number of hydrogen-bond donors (Lipinski definition) is 3. The molecule has 3 N–H and O–H groups in total. The molecule has 1 unspecified atom stereocenters. The third-order valence-corrected chi connectivity index (χ3v) is 6.96. The van der Waals surface area contributed by atoms with Crippen molar-refractivity contribution in [2.75, 3.05) is 12.4 Å². The first-order valence-corrected chi connectivity index (χ1v) is 13.5. The lowest BCUT2D eigenvalue weighted by atomic mass is 9.91. The molecule has 0 aliphatic carbocycles. The lowest BCUT2D eigenvalue weighted by molar-refractivity contribution is -0.177. The third-order valence-electron chi connectivity index (χ3n) is 6.96. The van der Waals surface area contributed by atoms with Gasteiger partial charge in [0.1, 0.15) is 12.2 Å². The minimum Gasteiger partial charge on any atom is -0.505 e. The van der Waals surface area contributed by atoms with Crippen molar-refractivity contribution in [2.24, 2.45) is 11.8 Å². The van der Waals surface area contributed by atoms with Crippen LogP contribution in [0.1, 0.15) is 83.5 Å². The fraction of sp³-hybridized carbons (Fsp3) is 0.643. The van der Waals surface area contributed by atoms with Crippen LogP contribution < -0.4 is 10.6 Å².